The molecule has 2 aliphatic rings. The molecule has 0 aromatic heterocycles. The van der Waals surface area contributed by atoms with E-state index in [1.807, 2.05) is 0 Å². The fourth-order valence-corrected chi connectivity index (χ4v) is 2.39. The zero-order chi connectivity index (χ0) is 8.55. The van der Waals surface area contributed by atoms with Crippen molar-refractivity contribution in [1.82, 2.24) is 4.90 Å². The van der Waals surface area contributed by atoms with E-state index in [2.05, 4.69) is 11.8 Å². The van der Waals surface area contributed by atoms with Gasteiger partial charge in [-0.1, -0.05) is 0 Å². The van der Waals surface area contributed by atoms with E-state index in [4.69, 9.17) is 5.73 Å². The topological polar surface area (TPSA) is 29.3 Å². The zero-order valence-corrected chi connectivity index (χ0v) is 8.00. The Morgan fingerprint density at radius 1 is 1.33 bits per heavy atom. The van der Waals surface area contributed by atoms with Crippen LogP contribution in [0.25, 0.3) is 0 Å². The summed E-state index contributed by atoms with van der Waals surface area (Å²) in [7, 11) is 0. The van der Waals surface area contributed by atoms with Gasteiger partial charge in [0.15, 0.2) is 0 Å². The minimum Gasteiger partial charge on any atom is -0.327 e. The van der Waals surface area contributed by atoms with Gasteiger partial charge in [0.05, 0.1) is 0 Å². The summed E-state index contributed by atoms with van der Waals surface area (Å²) in [5.41, 5.74) is 5.77. The van der Waals surface area contributed by atoms with Gasteiger partial charge in [-0.2, -0.15) is 0 Å². The van der Waals surface area contributed by atoms with Gasteiger partial charge >= 0.3 is 0 Å². The molecule has 1 unspecified atom stereocenters. The molecule has 1 aliphatic carbocycles. The normalized spacial score (nSPS) is 34.0. The third-order valence-electron chi connectivity index (χ3n) is 3.14. The fourth-order valence-electron chi connectivity index (χ4n) is 2.39. The summed E-state index contributed by atoms with van der Waals surface area (Å²) < 4.78 is 0. The van der Waals surface area contributed by atoms with Crippen LogP contribution in [0.2, 0.25) is 0 Å². The molecule has 1 heterocycles. The average Bonchev–Trinajstić information content (AvgIpc) is 2.73. The van der Waals surface area contributed by atoms with Crippen LogP contribution in [-0.4, -0.2) is 30.6 Å². The maximum absolute atomic E-state index is 5.77. The van der Waals surface area contributed by atoms with Gasteiger partial charge in [0, 0.05) is 19.1 Å². The minimum atomic E-state index is 0.350. The summed E-state index contributed by atoms with van der Waals surface area (Å²) in [5, 5.41) is 0. The molecule has 0 aromatic rings. The highest BCUT2D eigenvalue weighted by Gasteiger charge is 2.35. The molecule has 2 atom stereocenters. The molecule has 0 spiro atoms. The summed E-state index contributed by atoms with van der Waals surface area (Å²) >= 11 is 0. The first-order chi connectivity index (χ1) is 5.75. The smallest absolute Gasteiger partial charge is 0.0139 e. The van der Waals surface area contributed by atoms with Crippen molar-refractivity contribution in [3.8, 4) is 0 Å². The van der Waals surface area contributed by atoms with E-state index in [0.29, 0.717) is 6.04 Å². The minimum absolute atomic E-state index is 0.350. The highest BCUT2D eigenvalue weighted by molar-refractivity contribution is 4.88. The van der Waals surface area contributed by atoms with E-state index >= 15 is 0 Å². The van der Waals surface area contributed by atoms with Crippen molar-refractivity contribution in [3.63, 3.8) is 0 Å². The van der Waals surface area contributed by atoms with Crippen molar-refractivity contribution in [2.75, 3.05) is 19.6 Å². The van der Waals surface area contributed by atoms with Crippen LogP contribution < -0.4 is 5.73 Å². The van der Waals surface area contributed by atoms with Crippen LogP contribution in [0.5, 0.6) is 0 Å². The Morgan fingerprint density at radius 2 is 2.08 bits per heavy atom. The maximum atomic E-state index is 5.77. The first kappa shape index (κ1) is 8.52. The Hall–Kier alpha value is -0.0800. The van der Waals surface area contributed by atoms with Crippen LogP contribution in [0, 0.1) is 11.8 Å². The maximum Gasteiger partial charge on any atom is 0.0139 e. The molecule has 12 heavy (non-hydrogen) atoms. The van der Waals surface area contributed by atoms with Crippen molar-refractivity contribution in [1.29, 1.82) is 0 Å². The Labute approximate surface area is 75.1 Å². The van der Waals surface area contributed by atoms with Crippen molar-refractivity contribution in [3.05, 3.63) is 0 Å². The van der Waals surface area contributed by atoms with E-state index < -0.39 is 0 Å². The second kappa shape index (κ2) is 3.35. The molecule has 2 heteroatoms. The highest BCUT2D eigenvalue weighted by Crippen LogP contribution is 2.41. The van der Waals surface area contributed by atoms with E-state index in [-0.39, 0.29) is 0 Å². The summed E-state index contributed by atoms with van der Waals surface area (Å²) in [6.45, 7) is 5.82. The predicted octanol–water partition coefficient (Wildman–Crippen LogP) is 1.07. The fraction of sp³-hybridized carbons (Fsp3) is 1.00. The lowest BCUT2D eigenvalue weighted by molar-refractivity contribution is 0.302. The highest BCUT2D eigenvalue weighted by atomic mass is 15.2. The van der Waals surface area contributed by atoms with Gasteiger partial charge in [0.25, 0.3) is 0 Å². The molecule has 0 aromatic carbocycles. The molecular formula is C10H20N2. The lowest BCUT2D eigenvalue weighted by Crippen LogP contribution is -2.34. The van der Waals surface area contributed by atoms with E-state index in [1.54, 1.807) is 0 Å². The number of likely N-dealkylation sites (tertiary alicyclic amines) is 1. The lowest BCUT2D eigenvalue weighted by Gasteiger charge is -2.17. The Balaban J connectivity index is 1.73. The summed E-state index contributed by atoms with van der Waals surface area (Å²) in [6.07, 6.45) is 4.42. The van der Waals surface area contributed by atoms with Gasteiger partial charge in [-0.25, -0.2) is 0 Å². The molecule has 70 valence electrons. The second-order valence-electron chi connectivity index (χ2n) is 4.62. The monoisotopic (exact) mass is 168 g/mol. The van der Waals surface area contributed by atoms with Crippen LogP contribution in [0.15, 0.2) is 0 Å². The predicted molar refractivity (Wildman–Crippen MR) is 50.9 cm³/mol. The molecule has 2 fully saturated rings. The summed E-state index contributed by atoms with van der Waals surface area (Å²) in [5.74, 6) is 2.10. The van der Waals surface area contributed by atoms with Crippen LogP contribution in [0.4, 0.5) is 0 Å². The van der Waals surface area contributed by atoms with Crippen molar-refractivity contribution >= 4 is 0 Å². The van der Waals surface area contributed by atoms with Crippen LogP contribution in [0.1, 0.15) is 26.2 Å². The van der Waals surface area contributed by atoms with Gasteiger partial charge in [-0.05, 0) is 44.6 Å². The van der Waals surface area contributed by atoms with Gasteiger partial charge in [-0.3, -0.25) is 0 Å². The number of nitrogens with zero attached hydrogens (tertiary/aromatic N) is 1. The molecule has 1 saturated carbocycles. The first-order valence-corrected chi connectivity index (χ1v) is 5.23. The third-order valence-corrected chi connectivity index (χ3v) is 3.14. The molecule has 0 bridgehead atoms. The van der Waals surface area contributed by atoms with Crippen molar-refractivity contribution in [2.45, 2.75) is 32.2 Å². The van der Waals surface area contributed by atoms with Crippen molar-refractivity contribution in [2.24, 2.45) is 17.6 Å². The summed E-state index contributed by atoms with van der Waals surface area (Å²) in [4.78, 5) is 2.54. The number of rotatable bonds is 3. The molecule has 2 rings (SSSR count). The quantitative estimate of drug-likeness (QED) is 0.683. The molecule has 2 N–H and O–H groups in total. The average molecular weight is 168 g/mol. The van der Waals surface area contributed by atoms with Gasteiger partial charge in [0.1, 0.15) is 0 Å². The molecule has 0 radical (unpaired) electrons. The first-order valence-electron chi connectivity index (χ1n) is 5.23. The number of nitrogens with two attached hydrogens (primary N) is 1. The lowest BCUT2D eigenvalue weighted by atomic mass is 10.0. The van der Waals surface area contributed by atoms with Crippen molar-refractivity contribution < 1.29 is 0 Å². The number of hydrogen-bond acceptors (Lipinski definition) is 2. The number of hydrogen-bond donors (Lipinski definition) is 1. The molecule has 1 saturated heterocycles. The van der Waals surface area contributed by atoms with Crippen LogP contribution in [0.3, 0.4) is 0 Å². The van der Waals surface area contributed by atoms with Gasteiger partial charge in [0.2, 0.25) is 0 Å². The Kier molecular flexibility index (Phi) is 2.37. The van der Waals surface area contributed by atoms with Crippen LogP contribution >= 0.6 is 0 Å². The third kappa shape index (κ3) is 1.99. The van der Waals surface area contributed by atoms with E-state index in [1.165, 1.54) is 32.4 Å². The second-order valence-corrected chi connectivity index (χ2v) is 4.62. The molecule has 2 nitrogen and oxygen atoms in total. The molecule has 1 aliphatic heterocycles. The van der Waals surface area contributed by atoms with E-state index in [0.717, 1.165) is 18.4 Å². The van der Waals surface area contributed by atoms with Gasteiger partial charge in [-0.15, -0.1) is 0 Å². The van der Waals surface area contributed by atoms with Crippen LogP contribution in [-0.2, 0) is 0 Å². The largest absolute Gasteiger partial charge is 0.327 e. The van der Waals surface area contributed by atoms with Gasteiger partial charge < -0.3 is 10.6 Å². The SMILES string of the molecule is C[C@H](N)CN1CCC(C2CC2)C1. The Morgan fingerprint density at radius 3 is 2.67 bits per heavy atom. The standard InChI is InChI=1S/C10H20N2/c1-8(11)6-12-5-4-10(7-12)9-2-3-9/h8-10H,2-7,11H2,1H3/t8-,10?/m0/s1. The molecular weight excluding hydrogens is 148 g/mol. The van der Waals surface area contributed by atoms with E-state index in [9.17, 15) is 0 Å². The Bertz CT molecular complexity index is 152. The zero-order valence-electron chi connectivity index (χ0n) is 8.00. The summed E-state index contributed by atoms with van der Waals surface area (Å²) in [6, 6.07) is 0.350. The molecule has 0 amide bonds.